The highest BCUT2D eigenvalue weighted by Gasteiger charge is 2.45. The number of nitrogens with one attached hydrogen (secondary N) is 1. The lowest BCUT2D eigenvalue weighted by molar-refractivity contribution is 0.272. The third-order valence-electron chi connectivity index (χ3n) is 8.17. The second-order valence-electron chi connectivity index (χ2n) is 11.5. The number of nitriles is 1. The van der Waals surface area contributed by atoms with Crippen LogP contribution in [0.4, 0.5) is 11.5 Å². The minimum Gasteiger partial charge on any atom is -0.411 e. The van der Waals surface area contributed by atoms with Crippen LogP contribution in [-0.4, -0.2) is 25.9 Å². The van der Waals surface area contributed by atoms with E-state index in [0.29, 0.717) is 24.1 Å². The zero-order chi connectivity index (χ0) is 24.7. The van der Waals surface area contributed by atoms with E-state index in [2.05, 4.69) is 94.3 Å². The molecule has 1 aliphatic heterocycles. The summed E-state index contributed by atoms with van der Waals surface area (Å²) in [6.07, 6.45) is 2.62. The first-order valence-corrected chi connectivity index (χ1v) is 15.6. The minimum absolute atomic E-state index is 0.112. The van der Waals surface area contributed by atoms with Crippen LogP contribution in [0.3, 0.4) is 0 Å². The monoisotopic (exact) mass is 476 g/mol. The topological polar surface area (TPSA) is 61.2 Å². The fraction of sp³-hybridized carbons (Fsp3) is 0.571. The zero-order valence-electron chi connectivity index (χ0n) is 21.9. The van der Waals surface area contributed by atoms with Crippen molar-refractivity contribution in [1.29, 1.82) is 5.26 Å². The fourth-order valence-corrected chi connectivity index (χ4v) is 5.98. The van der Waals surface area contributed by atoms with E-state index in [4.69, 9.17) is 9.41 Å². The highest BCUT2D eigenvalue weighted by atomic mass is 28.4. The zero-order valence-corrected chi connectivity index (χ0v) is 22.9. The van der Waals surface area contributed by atoms with Crippen LogP contribution in [0.25, 0.3) is 0 Å². The van der Waals surface area contributed by atoms with Gasteiger partial charge in [-0.15, -0.1) is 0 Å². The Morgan fingerprint density at radius 1 is 1.21 bits per heavy atom. The molecule has 34 heavy (non-hydrogen) atoms. The molecule has 1 N–H and O–H groups in total. The predicted molar refractivity (Wildman–Crippen MR) is 142 cm³/mol. The van der Waals surface area contributed by atoms with Gasteiger partial charge in [-0.25, -0.2) is 4.98 Å². The Bertz CT molecular complexity index is 1070. The predicted octanol–water partition coefficient (Wildman–Crippen LogP) is 6.88. The van der Waals surface area contributed by atoms with E-state index >= 15 is 0 Å². The first-order valence-electron chi connectivity index (χ1n) is 12.7. The normalized spacial score (nSPS) is 22.8. The van der Waals surface area contributed by atoms with Crippen LogP contribution in [0.15, 0.2) is 36.4 Å². The third-order valence-corrected chi connectivity index (χ3v) is 12.6. The quantitative estimate of drug-likeness (QED) is 0.441. The molecule has 0 amide bonds. The van der Waals surface area contributed by atoms with Gasteiger partial charge in [-0.1, -0.05) is 33.8 Å². The van der Waals surface area contributed by atoms with Gasteiger partial charge in [-0.05, 0) is 79.7 Å². The average molecular weight is 477 g/mol. The van der Waals surface area contributed by atoms with Gasteiger partial charge in [0.25, 0.3) is 0 Å². The number of benzene rings is 1. The van der Waals surface area contributed by atoms with Crippen LogP contribution in [0.1, 0.15) is 70.3 Å². The second-order valence-corrected chi connectivity index (χ2v) is 16.4. The van der Waals surface area contributed by atoms with Crippen molar-refractivity contribution >= 4 is 19.8 Å². The average Bonchev–Trinajstić information content (AvgIpc) is 3.63. The molecule has 0 bridgehead atoms. The Kier molecular flexibility index (Phi) is 6.81. The number of hydrogen-bond donors (Lipinski definition) is 1. The van der Waals surface area contributed by atoms with Gasteiger partial charge in [0.1, 0.15) is 5.82 Å². The Labute approximate surface area is 206 Å². The Hall–Kier alpha value is -2.36. The minimum atomic E-state index is -1.84. The molecule has 182 valence electrons. The highest BCUT2D eigenvalue weighted by Crippen LogP contribution is 2.50. The van der Waals surface area contributed by atoms with Crippen LogP contribution >= 0.6 is 0 Å². The summed E-state index contributed by atoms with van der Waals surface area (Å²) in [5, 5.41) is 13.5. The lowest BCUT2D eigenvalue weighted by atomic mass is 9.79. The molecule has 6 heteroatoms. The molecule has 2 heterocycles. The molecule has 1 saturated carbocycles. The van der Waals surface area contributed by atoms with Crippen LogP contribution in [0.5, 0.6) is 0 Å². The maximum atomic E-state index is 9.57. The van der Waals surface area contributed by atoms with Crippen molar-refractivity contribution < 1.29 is 4.43 Å². The van der Waals surface area contributed by atoms with E-state index in [-0.39, 0.29) is 11.1 Å². The Morgan fingerprint density at radius 3 is 2.56 bits per heavy atom. The van der Waals surface area contributed by atoms with E-state index in [0.717, 1.165) is 24.0 Å². The number of hydrogen-bond acceptors (Lipinski definition) is 5. The molecule has 1 fully saturated rings. The summed E-state index contributed by atoms with van der Waals surface area (Å²) in [4.78, 5) is 7.50. The lowest BCUT2D eigenvalue weighted by Crippen LogP contribution is -2.49. The summed E-state index contributed by atoms with van der Waals surface area (Å²) < 4.78 is 6.42. The van der Waals surface area contributed by atoms with Gasteiger partial charge in [0.2, 0.25) is 0 Å². The molecule has 1 aromatic heterocycles. The maximum Gasteiger partial charge on any atom is 0.192 e. The number of rotatable bonds is 7. The maximum absolute atomic E-state index is 9.57. The molecule has 0 spiro atoms. The van der Waals surface area contributed by atoms with Crippen molar-refractivity contribution in [3.63, 3.8) is 0 Å². The second kappa shape index (κ2) is 9.35. The number of aromatic nitrogens is 1. The van der Waals surface area contributed by atoms with Crippen molar-refractivity contribution in [3.05, 3.63) is 53.2 Å². The number of anilines is 2. The molecule has 2 aliphatic rings. The molecular formula is C28H40N4OSi. The van der Waals surface area contributed by atoms with Gasteiger partial charge < -0.3 is 14.6 Å². The van der Waals surface area contributed by atoms with Crippen molar-refractivity contribution in [1.82, 2.24) is 4.98 Å². The van der Waals surface area contributed by atoms with Gasteiger partial charge in [-0.2, -0.15) is 5.26 Å². The molecule has 1 aliphatic carbocycles. The summed E-state index contributed by atoms with van der Waals surface area (Å²) >= 11 is 0. The van der Waals surface area contributed by atoms with Crippen molar-refractivity contribution in [2.75, 3.05) is 16.8 Å². The van der Waals surface area contributed by atoms with E-state index in [1.54, 1.807) is 0 Å². The van der Waals surface area contributed by atoms with Crippen LogP contribution < -0.4 is 10.2 Å². The van der Waals surface area contributed by atoms with Crippen LogP contribution in [0, 0.1) is 23.2 Å². The first kappa shape index (κ1) is 24.8. The lowest BCUT2D eigenvalue weighted by Gasteiger charge is -2.47. The van der Waals surface area contributed by atoms with E-state index in [9.17, 15) is 5.26 Å². The van der Waals surface area contributed by atoms with Crippen molar-refractivity contribution in [3.8, 4) is 6.07 Å². The number of pyridine rings is 1. The number of fused-ring (bicyclic) bond motifs is 1. The molecule has 0 saturated heterocycles. The molecular weight excluding hydrogens is 436 g/mol. The van der Waals surface area contributed by atoms with Gasteiger partial charge in [0, 0.05) is 24.2 Å². The van der Waals surface area contributed by atoms with Crippen LogP contribution in [0.2, 0.25) is 18.1 Å². The SMILES string of the molecule is CCN1c2ccc(C#N)cc2[C@H](Nc2cccc(CO[Si](C)(C)C(C)(C)C)n2)[C@@H](C)[C@@H]1C1CC1. The summed E-state index contributed by atoms with van der Waals surface area (Å²) in [6, 6.07) is 15.3. The molecule has 3 atom stereocenters. The van der Waals surface area contributed by atoms with E-state index in [1.165, 1.54) is 24.1 Å². The Balaban J connectivity index is 1.62. The van der Waals surface area contributed by atoms with Crippen molar-refractivity contribution in [2.24, 2.45) is 11.8 Å². The molecule has 0 unspecified atom stereocenters. The highest BCUT2D eigenvalue weighted by molar-refractivity contribution is 6.74. The Morgan fingerprint density at radius 2 is 1.94 bits per heavy atom. The number of nitrogens with zero attached hydrogens (tertiary/aromatic N) is 3. The van der Waals surface area contributed by atoms with Gasteiger partial charge >= 0.3 is 0 Å². The molecule has 2 aromatic rings. The third kappa shape index (κ3) is 4.87. The fourth-order valence-electron chi connectivity index (χ4n) is 5.04. The largest absolute Gasteiger partial charge is 0.411 e. The summed E-state index contributed by atoms with van der Waals surface area (Å²) in [5.41, 5.74) is 4.13. The standard InChI is InChI=1S/C28H40N4OSi/c1-8-32-24-15-12-20(17-29)16-23(24)26(19(2)27(32)21-13-14-21)31-25-11-9-10-22(30-25)18-33-34(6,7)28(3,4)5/h9-12,15-16,19,21,26-27H,8,13-14,18H2,1-7H3,(H,30,31)/t19-,26-,27-/m1/s1. The van der Waals surface area contributed by atoms with Gasteiger partial charge in [0.15, 0.2) is 8.32 Å². The molecule has 5 nitrogen and oxygen atoms in total. The molecule has 4 rings (SSSR count). The summed E-state index contributed by atoms with van der Waals surface area (Å²) in [6.45, 7) is 17.5. The van der Waals surface area contributed by atoms with Crippen molar-refractivity contribution in [2.45, 2.75) is 84.3 Å². The van der Waals surface area contributed by atoms with Gasteiger partial charge in [0.05, 0.1) is 30.0 Å². The molecule has 1 aromatic carbocycles. The van der Waals surface area contributed by atoms with Gasteiger partial charge in [-0.3, -0.25) is 0 Å². The smallest absolute Gasteiger partial charge is 0.192 e. The summed E-state index contributed by atoms with van der Waals surface area (Å²) in [5.74, 6) is 2.03. The van der Waals surface area contributed by atoms with E-state index < -0.39 is 8.32 Å². The van der Waals surface area contributed by atoms with Crippen LogP contribution in [-0.2, 0) is 11.0 Å². The molecule has 0 radical (unpaired) electrons. The van der Waals surface area contributed by atoms with E-state index in [1.807, 2.05) is 6.07 Å². The summed E-state index contributed by atoms with van der Waals surface area (Å²) in [7, 11) is -1.84. The first-order chi connectivity index (χ1) is 16.1.